The van der Waals surface area contributed by atoms with Crippen LogP contribution in [0.3, 0.4) is 0 Å². The highest BCUT2D eigenvalue weighted by Gasteiger charge is 2.05. The molecular weight excluding hydrogens is 252 g/mol. The van der Waals surface area contributed by atoms with Crippen molar-refractivity contribution in [3.8, 4) is 0 Å². The molecule has 0 bridgehead atoms. The summed E-state index contributed by atoms with van der Waals surface area (Å²) >= 11 is 0. The third kappa shape index (κ3) is 4.20. The second kappa shape index (κ2) is 7.45. The van der Waals surface area contributed by atoms with E-state index >= 15 is 0 Å². The first-order valence-corrected chi connectivity index (χ1v) is 8.21. The Morgan fingerprint density at radius 3 is 1.05 bits per heavy atom. The molecule has 110 valence electrons. The van der Waals surface area contributed by atoms with Crippen molar-refractivity contribution in [1.82, 2.24) is 0 Å². The van der Waals surface area contributed by atoms with Crippen molar-refractivity contribution < 1.29 is 0 Å². The van der Waals surface area contributed by atoms with Crippen LogP contribution in [-0.2, 0) is 25.7 Å². The molecule has 0 nitrogen and oxygen atoms in total. The minimum atomic E-state index is 1.08. The van der Waals surface area contributed by atoms with Gasteiger partial charge in [0.05, 0.1) is 6.42 Å². The Kier molecular flexibility index (Phi) is 5.61. The van der Waals surface area contributed by atoms with Gasteiger partial charge >= 0.3 is 0 Å². The molecule has 2 rings (SSSR count). The molecule has 0 saturated carbocycles. The van der Waals surface area contributed by atoms with Gasteiger partial charge in [-0.25, -0.2) is 0 Å². The zero-order valence-electron chi connectivity index (χ0n) is 13.8. The molecule has 2 aromatic carbocycles. The summed E-state index contributed by atoms with van der Waals surface area (Å²) in [6.45, 7) is 8.85. The maximum atomic E-state index is 3.60. The van der Waals surface area contributed by atoms with E-state index in [1.54, 1.807) is 0 Å². The molecule has 0 heteroatoms. The van der Waals surface area contributed by atoms with Crippen LogP contribution in [0.2, 0.25) is 0 Å². The van der Waals surface area contributed by atoms with E-state index in [1.165, 1.54) is 33.4 Å². The molecule has 2 radical (unpaired) electrons. The van der Waals surface area contributed by atoms with Crippen molar-refractivity contribution in [2.45, 2.75) is 53.4 Å². The van der Waals surface area contributed by atoms with Gasteiger partial charge in [-0.15, -0.1) is 0 Å². The summed E-state index contributed by atoms with van der Waals surface area (Å²) in [5, 5.41) is 0. The van der Waals surface area contributed by atoms with E-state index in [0.717, 1.165) is 25.7 Å². The summed E-state index contributed by atoms with van der Waals surface area (Å²) in [5.74, 6) is 0. The molecule has 0 aliphatic carbocycles. The number of hydrogen-bond donors (Lipinski definition) is 0. The first-order valence-electron chi connectivity index (χ1n) is 8.21. The number of aryl methyl sites for hydroxylation is 4. The standard InChI is InChI=1S/C21H26/c1-5-16-9-17(6-2)12-20(11-16)15-21-13-18(7-3)10-19(8-4)14-21/h9-14H,5-8H2,1-4H3. The maximum Gasteiger partial charge on any atom is 0.0502 e. The topological polar surface area (TPSA) is 0 Å². The highest BCUT2D eigenvalue weighted by molar-refractivity contribution is 5.44. The highest BCUT2D eigenvalue weighted by atomic mass is 14.1. The molecule has 0 unspecified atom stereocenters. The molecule has 0 saturated heterocycles. The Bertz CT molecular complexity index is 495. The van der Waals surface area contributed by atoms with Crippen LogP contribution >= 0.6 is 0 Å². The lowest BCUT2D eigenvalue weighted by atomic mass is 9.95. The van der Waals surface area contributed by atoms with Crippen LogP contribution < -0.4 is 0 Å². The van der Waals surface area contributed by atoms with Crippen LogP contribution in [0.15, 0.2) is 36.4 Å². The van der Waals surface area contributed by atoms with Crippen LogP contribution in [0.1, 0.15) is 61.1 Å². The Labute approximate surface area is 130 Å². The largest absolute Gasteiger partial charge is 0.0613 e. The molecule has 0 N–H and O–H groups in total. The summed E-state index contributed by atoms with van der Waals surface area (Å²) < 4.78 is 0. The van der Waals surface area contributed by atoms with E-state index in [-0.39, 0.29) is 0 Å². The van der Waals surface area contributed by atoms with Crippen molar-refractivity contribution in [3.63, 3.8) is 0 Å². The fourth-order valence-electron chi connectivity index (χ4n) is 2.65. The Hall–Kier alpha value is -1.56. The SMILES string of the molecule is CCc1cc([C]c2cc(CC)cc(CC)c2)cc(CC)c1. The van der Waals surface area contributed by atoms with Crippen molar-refractivity contribution in [2.75, 3.05) is 0 Å². The van der Waals surface area contributed by atoms with Crippen LogP contribution in [0.5, 0.6) is 0 Å². The predicted molar refractivity (Wildman–Crippen MR) is 91.8 cm³/mol. The van der Waals surface area contributed by atoms with Gasteiger partial charge in [-0.1, -0.05) is 64.1 Å². The fourth-order valence-corrected chi connectivity index (χ4v) is 2.65. The van der Waals surface area contributed by atoms with Crippen molar-refractivity contribution >= 4 is 0 Å². The minimum Gasteiger partial charge on any atom is -0.0613 e. The zero-order valence-corrected chi connectivity index (χ0v) is 13.8. The molecule has 0 spiro atoms. The lowest BCUT2D eigenvalue weighted by molar-refractivity contribution is 1.07. The van der Waals surface area contributed by atoms with Crippen LogP contribution in [0.4, 0.5) is 0 Å². The van der Waals surface area contributed by atoms with E-state index in [4.69, 9.17) is 0 Å². The summed E-state index contributed by atoms with van der Waals surface area (Å²) in [4.78, 5) is 0. The van der Waals surface area contributed by atoms with E-state index < -0.39 is 0 Å². The number of rotatable bonds is 6. The third-order valence-corrected chi connectivity index (χ3v) is 4.03. The van der Waals surface area contributed by atoms with E-state index in [2.05, 4.69) is 70.5 Å². The van der Waals surface area contributed by atoms with Crippen LogP contribution in [0, 0.1) is 6.42 Å². The first kappa shape index (κ1) is 15.8. The molecule has 0 amide bonds. The van der Waals surface area contributed by atoms with E-state index in [0.29, 0.717) is 0 Å². The first-order chi connectivity index (χ1) is 10.2. The zero-order chi connectivity index (χ0) is 15.2. The van der Waals surface area contributed by atoms with Crippen molar-refractivity contribution in [2.24, 2.45) is 0 Å². The molecule has 0 aliphatic rings. The average molecular weight is 278 g/mol. The van der Waals surface area contributed by atoms with Gasteiger partial charge in [0.25, 0.3) is 0 Å². The van der Waals surface area contributed by atoms with Gasteiger partial charge in [-0.05, 0) is 59.1 Å². The molecule has 0 atom stereocenters. The van der Waals surface area contributed by atoms with Gasteiger partial charge in [-0.2, -0.15) is 0 Å². The van der Waals surface area contributed by atoms with Crippen molar-refractivity contribution in [3.05, 3.63) is 76.2 Å². The Morgan fingerprint density at radius 1 is 0.524 bits per heavy atom. The van der Waals surface area contributed by atoms with Gasteiger partial charge in [0.2, 0.25) is 0 Å². The van der Waals surface area contributed by atoms with Gasteiger partial charge in [0.1, 0.15) is 0 Å². The molecule has 0 fully saturated rings. The van der Waals surface area contributed by atoms with Crippen LogP contribution in [-0.4, -0.2) is 0 Å². The Balaban J connectivity index is 2.32. The normalized spacial score (nSPS) is 10.9. The third-order valence-electron chi connectivity index (χ3n) is 4.03. The maximum absolute atomic E-state index is 3.60. The molecule has 21 heavy (non-hydrogen) atoms. The lowest BCUT2D eigenvalue weighted by Gasteiger charge is -2.10. The molecule has 0 aliphatic heterocycles. The fraction of sp³-hybridized carbons (Fsp3) is 0.381. The molecule has 0 aromatic heterocycles. The second-order valence-electron chi connectivity index (χ2n) is 5.62. The van der Waals surface area contributed by atoms with Crippen molar-refractivity contribution in [1.29, 1.82) is 0 Å². The summed E-state index contributed by atoms with van der Waals surface area (Å²) in [6, 6.07) is 13.7. The van der Waals surface area contributed by atoms with Gasteiger partial charge in [-0.3, -0.25) is 0 Å². The summed E-state index contributed by atoms with van der Waals surface area (Å²) in [5.41, 5.74) is 8.03. The van der Waals surface area contributed by atoms with E-state index in [9.17, 15) is 0 Å². The molecule has 2 aromatic rings. The van der Waals surface area contributed by atoms with Crippen LogP contribution in [0.25, 0.3) is 0 Å². The number of hydrogen-bond acceptors (Lipinski definition) is 0. The summed E-state index contributed by atoms with van der Waals surface area (Å²) in [6.07, 6.45) is 7.93. The highest BCUT2D eigenvalue weighted by Crippen LogP contribution is 2.20. The van der Waals surface area contributed by atoms with Gasteiger partial charge in [0.15, 0.2) is 0 Å². The predicted octanol–water partition coefficient (Wildman–Crippen LogP) is 5.41. The molecule has 0 heterocycles. The smallest absolute Gasteiger partial charge is 0.0502 e. The molecular formula is C21H26. The van der Waals surface area contributed by atoms with Gasteiger partial charge < -0.3 is 0 Å². The van der Waals surface area contributed by atoms with Gasteiger partial charge in [0, 0.05) is 0 Å². The average Bonchev–Trinajstić information content (AvgIpc) is 2.53. The number of benzene rings is 2. The minimum absolute atomic E-state index is 1.08. The lowest BCUT2D eigenvalue weighted by Crippen LogP contribution is -1.95. The monoisotopic (exact) mass is 278 g/mol. The second-order valence-corrected chi connectivity index (χ2v) is 5.62. The quantitative estimate of drug-likeness (QED) is 0.662. The summed E-state index contributed by atoms with van der Waals surface area (Å²) in [7, 11) is 0. The Morgan fingerprint density at radius 2 is 0.810 bits per heavy atom. The van der Waals surface area contributed by atoms with E-state index in [1.807, 2.05) is 0 Å².